The summed E-state index contributed by atoms with van der Waals surface area (Å²) in [5.41, 5.74) is 2.88. The van der Waals surface area contributed by atoms with Gasteiger partial charge in [0.25, 0.3) is 0 Å². The molecule has 0 unspecified atom stereocenters. The highest BCUT2D eigenvalue weighted by molar-refractivity contribution is 7.10. The highest BCUT2D eigenvalue weighted by Gasteiger charge is 2.33. The van der Waals surface area contributed by atoms with Crippen LogP contribution in [0.5, 0.6) is 11.5 Å². The smallest absolute Gasteiger partial charge is 0.322 e. The summed E-state index contributed by atoms with van der Waals surface area (Å²) in [4.78, 5) is 31.1. The van der Waals surface area contributed by atoms with Crippen molar-refractivity contribution in [2.75, 3.05) is 38.7 Å². The number of carbonyl (C=O) groups excluding carboxylic acids is 2. The number of methoxy groups -OCH3 is 1. The van der Waals surface area contributed by atoms with Crippen LogP contribution in [0.3, 0.4) is 0 Å². The Morgan fingerprint density at radius 2 is 1.97 bits per heavy atom. The van der Waals surface area contributed by atoms with Crippen molar-refractivity contribution in [2.24, 2.45) is 0 Å². The predicted molar refractivity (Wildman–Crippen MR) is 143 cm³/mol. The lowest BCUT2D eigenvalue weighted by Gasteiger charge is -2.37. The summed E-state index contributed by atoms with van der Waals surface area (Å²) in [7, 11) is 1.61. The van der Waals surface area contributed by atoms with E-state index in [0.29, 0.717) is 30.3 Å². The Morgan fingerprint density at radius 3 is 2.72 bits per heavy atom. The number of amides is 3. The molecule has 1 aliphatic heterocycles. The van der Waals surface area contributed by atoms with Crippen molar-refractivity contribution in [3.8, 4) is 11.5 Å². The molecule has 36 heavy (non-hydrogen) atoms. The molecule has 3 aromatic rings. The largest absolute Gasteiger partial charge is 0.497 e. The van der Waals surface area contributed by atoms with Gasteiger partial charge in [-0.2, -0.15) is 0 Å². The predicted octanol–water partition coefficient (Wildman–Crippen LogP) is 5.29. The van der Waals surface area contributed by atoms with Crippen molar-refractivity contribution in [3.63, 3.8) is 0 Å². The van der Waals surface area contributed by atoms with E-state index in [9.17, 15) is 9.59 Å². The second-order valence-electron chi connectivity index (χ2n) is 8.61. The molecule has 0 spiro atoms. The number of anilines is 1. The van der Waals surface area contributed by atoms with Crippen LogP contribution in [-0.2, 0) is 11.2 Å². The lowest BCUT2D eigenvalue weighted by Crippen LogP contribution is -2.48. The first-order chi connectivity index (χ1) is 17.5. The summed E-state index contributed by atoms with van der Waals surface area (Å²) in [6.45, 7) is 6.82. The molecule has 1 aromatic heterocycles. The van der Waals surface area contributed by atoms with Crippen molar-refractivity contribution in [1.29, 1.82) is 0 Å². The van der Waals surface area contributed by atoms with Gasteiger partial charge in [-0.1, -0.05) is 29.8 Å². The first-order valence-corrected chi connectivity index (χ1v) is 12.7. The molecule has 1 aliphatic rings. The highest BCUT2D eigenvalue weighted by atomic mass is 32.1. The van der Waals surface area contributed by atoms with Gasteiger partial charge in [-0.25, -0.2) is 4.79 Å². The fourth-order valence-corrected chi connectivity index (χ4v) is 5.14. The molecule has 2 heterocycles. The van der Waals surface area contributed by atoms with Gasteiger partial charge >= 0.3 is 6.03 Å². The number of nitrogens with zero attached hydrogens (tertiary/aromatic N) is 2. The summed E-state index contributed by atoms with van der Waals surface area (Å²) in [6.07, 6.45) is 2.41. The Labute approximate surface area is 215 Å². The molecule has 7 nitrogen and oxygen atoms in total. The summed E-state index contributed by atoms with van der Waals surface area (Å²) < 4.78 is 11.4. The maximum absolute atomic E-state index is 13.5. The van der Waals surface area contributed by atoms with Crippen LogP contribution in [0.4, 0.5) is 10.5 Å². The molecule has 0 aliphatic carbocycles. The van der Waals surface area contributed by atoms with E-state index in [1.54, 1.807) is 24.5 Å². The van der Waals surface area contributed by atoms with Crippen LogP contribution in [0.2, 0.25) is 0 Å². The van der Waals surface area contributed by atoms with Crippen molar-refractivity contribution in [3.05, 3.63) is 88.6 Å². The van der Waals surface area contributed by atoms with Crippen molar-refractivity contribution < 1.29 is 19.1 Å². The summed E-state index contributed by atoms with van der Waals surface area (Å²) in [5, 5.41) is 4.93. The van der Waals surface area contributed by atoms with Gasteiger partial charge in [0.2, 0.25) is 5.91 Å². The molecule has 1 atom stereocenters. The van der Waals surface area contributed by atoms with Crippen molar-refractivity contribution in [1.82, 2.24) is 9.80 Å². The average molecular weight is 506 g/mol. The van der Waals surface area contributed by atoms with E-state index < -0.39 is 0 Å². The standard InChI is InChI=1S/C28H31N3O4S/c1-4-14-30(28(33)29-21-10-8-20(2)9-11-21)18-27(32)31-15-12-26-24(13-16-36-26)25(31)19-35-23-7-5-6-22(17-23)34-3/h4-11,13,16-17,25H,1,12,14-15,18-19H2,2-3H3,(H,29,33)/t25-/m0/s1. The highest BCUT2D eigenvalue weighted by Crippen LogP contribution is 2.34. The minimum Gasteiger partial charge on any atom is -0.497 e. The molecule has 188 valence electrons. The van der Waals surface area contributed by atoms with Crippen molar-refractivity contribution >= 4 is 29.0 Å². The number of fused-ring (bicyclic) bond motifs is 1. The first-order valence-electron chi connectivity index (χ1n) is 11.8. The van der Waals surface area contributed by atoms with Crippen LogP contribution in [0, 0.1) is 6.92 Å². The lowest BCUT2D eigenvalue weighted by atomic mass is 10.0. The lowest BCUT2D eigenvalue weighted by molar-refractivity contribution is -0.135. The number of carbonyl (C=O) groups is 2. The van der Waals surface area contributed by atoms with Gasteiger partial charge in [0.05, 0.1) is 13.2 Å². The number of aryl methyl sites for hydroxylation is 1. The van der Waals surface area contributed by atoms with E-state index >= 15 is 0 Å². The Morgan fingerprint density at radius 1 is 1.19 bits per heavy atom. The fraction of sp³-hybridized carbons (Fsp3) is 0.286. The van der Waals surface area contributed by atoms with Gasteiger partial charge in [-0.05, 0) is 54.6 Å². The SMILES string of the molecule is C=CCN(CC(=O)N1CCc2sccc2[C@@H]1COc1cccc(OC)c1)C(=O)Nc1ccc(C)cc1. The summed E-state index contributed by atoms with van der Waals surface area (Å²) in [6, 6.07) is 16.4. The molecule has 0 saturated carbocycles. The minimum absolute atomic E-state index is 0.0567. The van der Waals surface area contributed by atoms with E-state index in [0.717, 1.165) is 17.5 Å². The number of benzene rings is 2. The molecule has 0 fully saturated rings. The first kappa shape index (κ1) is 25.3. The summed E-state index contributed by atoms with van der Waals surface area (Å²) in [5.74, 6) is 1.25. The van der Waals surface area contributed by atoms with E-state index in [1.165, 1.54) is 9.78 Å². The quantitative estimate of drug-likeness (QED) is 0.401. The molecule has 1 N–H and O–H groups in total. The number of thiophene rings is 1. The van der Waals surface area contributed by atoms with E-state index in [1.807, 2.05) is 60.4 Å². The molecule has 0 saturated heterocycles. The monoisotopic (exact) mass is 505 g/mol. The number of urea groups is 1. The topological polar surface area (TPSA) is 71.1 Å². The van der Waals surface area contributed by atoms with Crippen LogP contribution in [0.25, 0.3) is 0 Å². The van der Waals surface area contributed by atoms with Crippen LogP contribution >= 0.6 is 11.3 Å². The molecule has 8 heteroatoms. The Kier molecular flexibility index (Phi) is 8.28. The Hall–Kier alpha value is -3.78. The summed E-state index contributed by atoms with van der Waals surface area (Å²) >= 11 is 1.70. The third-order valence-electron chi connectivity index (χ3n) is 6.13. The Balaban J connectivity index is 1.48. The van der Waals surface area contributed by atoms with Gasteiger partial charge in [0.15, 0.2) is 0 Å². The van der Waals surface area contributed by atoms with Crippen LogP contribution in [0.15, 0.2) is 72.6 Å². The van der Waals surface area contributed by atoms with E-state index in [2.05, 4.69) is 23.3 Å². The second-order valence-corrected chi connectivity index (χ2v) is 9.61. The molecule has 0 bridgehead atoms. The van der Waals surface area contributed by atoms with Gasteiger partial charge in [0, 0.05) is 29.7 Å². The van der Waals surface area contributed by atoms with Crippen LogP contribution in [-0.4, -0.2) is 55.1 Å². The zero-order valence-corrected chi connectivity index (χ0v) is 21.4. The van der Waals surface area contributed by atoms with Gasteiger partial charge in [-0.3, -0.25) is 4.79 Å². The fourth-order valence-electron chi connectivity index (χ4n) is 4.21. The molecule has 0 radical (unpaired) electrons. The normalized spacial score (nSPS) is 14.5. The third kappa shape index (κ3) is 6.07. The number of nitrogens with one attached hydrogen (secondary N) is 1. The zero-order valence-electron chi connectivity index (χ0n) is 20.6. The van der Waals surface area contributed by atoms with E-state index in [4.69, 9.17) is 9.47 Å². The van der Waals surface area contributed by atoms with Crippen LogP contribution in [0.1, 0.15) is 22.0 Å². The zero-order chi connectivity index (χ0) is 25.5. The molecule has 3 amide bonds. The molecule has 4 rings (SSSR count). The minimum atomic E-state index is -0.343. The number of rotatable bonds is 9. The van der Waals surface area contributed by atoms with Gasteiger partial charge in [-0.15, -0.1) is 17.9 Å². The van der Waals surface area contributed by atoms with Gasteiger partial charge in [0.1, 0.15) is 24.7 Å². The number of hydrogen-bond donors (Lipinski definition) is 1. The maximum atomic E-state index is 13.5. The van der Waals surface area contributed by atoms with Crippen LogP contribution < -0.4 is 14.8 Å². The van der Waals surface area contributed by atoms with Crippen molar-refractivity contribution in [2.45, 2.75) is 19.4 Å². The van der Waals surface area contributed by atoms with E-state index in [-0.39, 0.29) is 31.1 Å². The molecular weight excluding hydrogens is 474 g/mol. The molecule has 2 aromatic carbocycles. The molecular formula is C28H31N3O4S. The van der Waals surface area contributed by atoms with Gasteiger partial charge < -0.3 is 24.6 Å². The Bertz CT molecular complexity index is 1210. The second kappa shape index (κ2) is 11.8. The number of hydrogen-bond acceptors (Lipinski definition) is 5. The average Bonchev–Trinajstić information content (AvgIpc) is 3.37. The maximum Gasteiger partial charge on any atom is 0.322 e. The number of ether oxygens (including phenoxy) is 2. The third-order valence-corrected chi connectivity index (χ3v) is 7.13.